The molecule has 0 saturated carbocycles. The van der Waals surface area contributed by atoms with Crippen LogP contribution in [-0.2, 0) is 123 Å². The standard InChI is InChI=1S/C61H116N6O27/c1-71-13-15-75-21-23-79-29-31-83-37-39-87-45-47-91-53-55-93-51-49-89-43-41-85-35-33-81-27-25-77-19-17-73-11-3-57(68)62-5-8-65-60-59(64-7-9-66-60)61(70)67-10-6-63-58(69)4-12-74-18-20-78-26-28-82-34-36-86-42-44-90-50-52-94-56-54-92-48-46-88-40-38-84-32-30-80-24-22-76-16-14-72-2/h7,9H,3-6,8,10-56H2,1-2H3,(H,62,68)(H,63,69)(H,65,66)(H,67,70). The number of rotatable bonds is 80. The molecule has 0 saturated heterocycles. The third-order valence-electron chi connectivity index (χ3n) is 11.6. The minimum atomic E-state index is -0.468. The van der Waals surface area contributed by atoms with Crippen LogP contribution in [0.1, 0.15) is 23.3 Å². The predicted octanol–water partition coefficient (Wildman–Crippen LogP) is -0.711. The summed E-state index contributed by atoms with van der Waals surface area (Å²) < 4.78 is 130. The van der Waals surface area contributed by atoms with E-state index < -0.39 is 5.91 Å². The summed E-state index contributed by atoms with van der Waals surface area (Å²) >= 11 is 0. The van der Waals surface area contributed by atoms with Crippen molar-refractivity contribution in [2.24, 2.45) is 0 Å². The van der Waals surface area contributed by atoms with Gasteiger partial charge in [0.15, 0.2) is 11.5 Å². The molecule has 4 N–H and O–H groups in total. The summed E-state index contributed by atoms with van der Waals surface area (Å²) in [5.74, 6) is -0.620. The number of ether oxygens (including phenoxy) is 24. The van der Waals surface area contributed by atoms with Crippen molar-refractivity contribution in [2.75, 3.05) is 350 Å². The van der Waals surface area contributed by atoms with Gasteiger partial charge >= 0.3 is 0 Å². The highest BCUT2D eigenvalue weighted by atomic mass is 16.6. The normalized spacial score (nSPS) is 11.5. The second-order valence-corrected chi connectivity index (χ2v) is 19.1. The highest BCUT2D eigenvalue weighted by molar-refractivity contribution is 5.96. The second-order valence-electron chi connectivity index (χ2n) is 19.1. The van der Waals surface area contributed by atoms with Crippen molar-refractivity contribution in [1.29, 1.82) is 0 Å². The molecule has 0 spiro atoms. The number of anilines is 1. The van der Waals surface area contributed by atoms with Crippen LogP contribution in [0.15, 0.2) is 12.4 Å². The van der Waals surface area contributed by atoms with Crippen LogP contribution in [-0.4, -0.2) is 372 Å². The molecule has 3 amide bonds. The van der Waals surface area contributed by atoms with Gasteiger partial charge in [0.05, 0.1) is 304 Å². The zero-order valence-electron chi connectivity index (χ0n) is 56.3. The van der Waals surface area contributed by atoms with E-state index in [1.807, 2.05) is 0 Å². The van der Waals surface area contributed by atoms with Crippen molar-refractivity contribution in [2.45, 2.75) is 12.8 Å². The Morgan fingerprint density at radius 1 is 0.255 bits per heavy atom. The Balaban J connectivity index is 1.80. The maximum absolute atomic E-state index is 12.8. The van der Waals surface area contributed by atoms with Crippen molar-refractivity contribution in [1.82, 2.24) is 25.9 Å². The Morgan fingerprint density at radius 3 is 0.681 bits per heavy atom. The molecule has 0 aliphatic rings. The molecule has 0 aliphatic carbocycles. The number of hydrogen-bond acceptors (Lipinski definition) is 30. The monoisotopic (exact) mass is 1360 g/mol. The SMILES string of the molecule is COCCOCCOCCOCCOCCOCCOCCOCCOCCOCCOCCOCCC(=O)NCCNC(=O)c1nccnc1NCCNC(=O)CCOCCOCCOCCOCCOCCOCCOCCOCCOCCOCCOCCOC. The van der Waals surface area contributed by atoms with Crippen molar-refractivity contribution in [3.8, 4) is 0 Å². The van der Waals surface area contributed by atoms with Crippen molar-refractivity contribution < 1.29 is 128 Å². The number of amides is 3. The average molecular weight is 1370 g/mol. The molecule has 0 atom stereocenters. The van der Waals surface area contributed by atoms with E-state index in [0.29, 0.717) is 297 Å². The zero-order chi connectivity index (χ0) is 67.3. The fourth-order valence-corrected chi connectivity index (χ4v) is 6.87. The maximum atomic E-state index is 12.8. The Bertz CT molecular complexity index is 1740. The fraction of sp³-hybridized carbons (Fsp3) is 0.885. The van der Waals surface area contributed by atoms with Gasteiger partial charge in [0.2, 0.25) is 11.8 Å². The van der Waals surface area contributed by atoms with E-state index in [0.717, 1.165) is 0 Å². The Hall–Kier alpha value is -3.67. The lowest BCUT2D eigenvalue weighted by Gasteiger charge is -2.11. The maximum Gasteiger partial charge on any atom is 0.273 e. The first-order valence-corrected chi connectivity index (χ1v) is 32.6. The predicted molar refractivity (Wildman–Crippen MR) is 340 cm³/mol. The molecule has 0 fully saturated rings. The first kappa shape index (κ1) is 88.3. The third kappa shape index (κ3) is 68.3. The van der Waals surface area contributed by atoms with Crippen LogP contribution in [0.5, 0.6) is 0 Å². The minimum Gasteiger partial charge on any atom is -0.382 e. The number of hydrogen-bond donors (Lipinski definition) is 4. The van der Waals surface area contributed by atoms with Crippen molar-refractivity contribution >= 4 is 23.5 Å². The quantitative estimate of drug-likeness (QED) is 0.0585. The molecule has 33 nitrogen and oxygen atoms in total. The number of nitrogens with one attached hydrogen (secondary N) is 4. The molecule has 33 heteroatoms. The van der Waals surface area contributed by atoms with Gasteiger partial charge in [0, 0.05) is 65.6 Å². The van der Waals surface area contributed by atoms with Crippen LogP contribution in [0.3, 0.4) is 0 Å². The Labute approximate surface area is 556 Å². The summed E-state index contributed by atoms with van der Waals surface area (Å²) in [7, 11) is 3.28. The van der Waals surface area contributed by atoms with Gasteiger partial charge in [-0.2, -0.15) is 0 Å². The van der Waals surface area contributed by atoms with E-state index in [1.54, 1.807) is 14.2 Å². The summed E-state index contributed by atoms with van der Waals surface area (Å²) in [6.45, 7) is 22.1. The van der Waals surface area contributed by atoms with E-state index in [4.69, 9.17) is 114 Å². The summed E-state index contributed by atoms with van der Waals surface area (Å²) in [5.41, 5.74) is 0.0818. The van der Waals surface area contributed by atoms with Crippen LogP contribution in [0.25, 0.3) is 0 Å². The molecule has 552 valence electrons. The number of methoxy groups -OCH3 is 2. The minimum absolute atomic E-state index is 0.0818. The summed E-state index contributed by atoms with van der Waals surface area (Å²) in [5, 5.41) is 11.3. The van der Waals surface area contributed by atoms with Gasteiger partial charge in [-0.25, -0.2) is 9.97 Å². The molecular formula is C61H116N6O27. The van der Waals surface area contributed by atoms with Gasteiger partial charge < -0.3 is 135 Å². The highest BCUT2D eigenvalue weighted by Gasteiger charge is 2.14. The van der Waals surface area contributed by atoms with E-state index in [1.165, 1.54) is 12.4 Å². The first-order chi connectivity index (χ1) is 46.6. The number of aromatic nitrogens is 2. The fourth-order valence-electron chi connectivity index (χ4n) is 6.87. The molecular weight excluding hydrogens is 1250 g/mol. The largest absolute Gasteiger partial charge is 0.382 e. The molecule has 1 aromatic heterocycles. The van der Waals surface area contributed by atoms with E-state index >= 15 is 0 Å². The van der Waals surface area contributed by atoms with Gasteiger partial charge in [0.25, 0.3) is 5.91 Å². The number of carbonyl (C=O) groups is 3. The van der Waals surface area contributed by atoms with Crippen LogP contribution < -0.4 is 21.3 Å². The third-order valence-corrected chi connectivity index (χ3v) is 11.6. The van der Waals surface area contributed by atoms with E-state index in [9.17, 15) is 14.4 Å². The average Bonchev–Trinajstić information content (AvgIpc) is 1.25. The Kier molecular flexibility index (Phi) is 72.1. The highest BCUT2D eigenvalue weighted by Crippen LogP contribution is 2.07. The smallest absolute Gasteiger partial charge is 0.273 e. The van der Waals surface area contributed by atoms with Crippen LogP contribution >= 0.6 is 0 Å². The van der Waals surface area contributed by atoms with Crippen molar-refractivity contribution in [3.05, 3.63) is 18.1 Å². The molecule has 0 bridgehead atoms. The molecule has 0 unspecified atom stereocenters. The first-order valence-electron chi connectivity index (χ1n) is 32.6. The lowest BCUT2D eigenvalue weighted by atomic mass is 10.3. The number of carbonyl (C=O) groups excluding carboxylic acids is 3. The molecule has 1 heterocycles. The van der Waals surface area contributed by atoms with Gasteiger partial charge in [-0.05, 0) is 0 Å². The van der Waals surface area contributed by atoms with Crippen LogP contribution in [0.4, 0.5) is 5.82 Å². The molecule has 94 heavy (non-hydrogen) atoms. The van der Waals surface area contributed by atoms with Gasteiger partial charge in [0.1, 0.15) is 0 Å². The second kappa shape index (κ2) is 76.7. The van der Waals surface area contributed by atoms with Gasteiger partial charge in [-0.15, -0.1) is 0 Å². The summed E-state index contributed by atoms with van der Waals surface area (Å²) in [6, 6.07) is 0. The number of nitrogens with zero attached hydrogens (tertiary/aromatic N) is 2. The molecule has 0 aromatic carbocycles. The topological polar surface area (TPSA) is 347 Å². The van der Waals surface area contributed by atoms with Crippen molar-refractivity contribution in [3.63, 3.8) is 0 Å². The lowest BCUT2D eigenvalue weighted by Crippen LogP contribution is -2.36. The van der Waals surface area contributed by atoms with Crippen LogP contribution in [0.2, 0.25) is 0 Å². The molecule has 0 radical (unpaired) electrons. The van der Waals surface area contributed by atoms with Gasteiger partial charge in [-0.1, -0.05) is 0 Å². The Morgan fingerprint density at radius 2 is 0.447 bits per heavy atom. The van der Waals surface area contributed by atoms with Crippen LogP contribution in [0, 0.1) is 0 Å². The lowest BCUT2D eigenvalue weighted by molar-refractivity contribution is -0.123. The molecule has 1 aromatic rings. The molecule has 1 rings (SSSR count). The summed E-state index contributed by atoms with van der Waals surface area (Å²) in [4.78, 5) is 45.8. The van der Waals surface area contributed by atoms with Gasteiger partial charge in [-0.3, -0.25) is 14.4 Å². The zero-order valence-corrected chi connectivity index (χ0v) is 56.3. The summed E-state index contributed by atoms with van der Waals surface area (Å²) in [6.07, 6.45) is 3.18. The van der Waals surface area contributed by atoms with E-state index in [-0.39, 0.29) is 69.0 Å². The van der Waals surface area contributed by atoms with E-state index in [2.05, 4.69) is 31.2 Å². The molecule has 0 aliphatic heterocycles.